The standard InChI is InChI=1S/C8H11NO/c1-2-9-7-4-3-5-8(10)6-7/h3-6,9-10H,2H2,1H3. The molecule has 0 aromatic heterocycles. The third-order valence-electron chi connectivity index (χ3n) is 1.23. The predicted octanol–water partition coefficient (Wildman–Crippen LogP) is 1.82. The van der Waals surface area contributed by atoms with E-state index in [-0.39, 0.29) is 0 Å². The van der Waals surface area contributed by atoms with E-state index in [0.29, 0.717) is 5.75 Å². The van der Waals surface area contributed by atoms with Gasteiger partial charge in [-0.05, 0) is 19.1 Å². The van der Waals surface area contributed by atoms with Crippen LogP contribution < -0.4 is 5.32 Å². The van der Waals surface area contributed by atoms with E-state index < -0.39 is 0 Å². The van der Waals surface area contributed by atoms with Crippen LogP contribution in [-0.4, -0.2) is 11.7 Å². The van der Waals surface area contributed by atoms with Gasteiger partial charge in [0.2, 0.25) is 0 Å². The Balaban J connectivity index is 2.75. The first-order valence-corrected chi connectivity index (χ1v) is 3.36. The lowest BCUT2D eigenvalue weighted by Crippen LogP contribution is -1.94. The maximum atomic E-state index is 9.00. The fourth-order valence-electron chi connectivity index (χ4n) is 0.820. The number of benzene rings is 1. The first-order chi connectivity index (χ1) is 4.83. The summed E-state index contributed by atoms with van der Waals surface area (Å²) in [7, 11) is 0. The first-order valence-electron chi connectivity index (χ1n) is 3.36. The molecule has 0 heterocycles. The quantitative estimate of drug-likeness (QED) is 0.651. The molecule has 0 aliphatic rings. The fraction of sp³-hybridized carbons (Fsp3) is 0.250. The van der Waals surface area contributed by atoms with Gasteiger partial charge in [0.1, 0.15) is 5.75 Å². The third kappa shape index (κ3) is 1.65. The van der Waals surface area contributed by atoms with Crippen LogP contribution >= 0.6 is 0 Å². The molecule has 1 aromatic rings. The van der Waals surface area contributed by atoms with Crippen LogP contribution in [0.2, 0.25) is 0 Å². The van der Waals surface area contributed by atoms with Crippen LogP contribution in [0.15, 0.2) is 24.3 Å². The number of aromatic hydroxyl groups is 1. The SMILES string of the molecule is CCNc1cccc(O)c1. The maximum absolute atomic E-state index is 9.00. The highest BCUT2D eigenvalue weighted by Gasteiger charge is 1.88. The lowest BCUT2D eigenvalue weighted by molar-refractivity contribution is 0.475. The number of hydrogen-bond acceptors (Lipinski definition) is 2. The van der Waals surface area contributed by atoms with Crippen molar-refractivity contribution < 1.29 is 5.11 Å². The van der Waals surface area contributed by atoms with Crippen molar-refractivity contribution in [3.63, 3.8) is 0 Å². The molecular formula is C8H11NO. The Hall–Kier alpha value is -1.18. The van der Waals surface area contributed by atoms with Crippen LogP contribution in [0.25, 0.3) is 0 Å². The van der Waals surface area contributed by atoms with Gasteiger partial charge in [0.25, 0.3) is 0 Å². The number of hydrogen-bond donors (Lipinski definition) is 2. The summed E-state index contributed by atoms with van der Waals surface area (Å²) in [6.45, 7) is 2.90. The van der Waals surface area contributed by atoms with E-state index >= 15 is 0 Å². The third-order valence-corrected chi connectivity index (χ3v) is 1.23. The zero-order chi connectivity index (χ0) is 7.40. The van der Waals surface area contributed by atoms with Crippen LogP contribution in [-0.2, 0) is 0 Å². The van der Waals surface area contributed by atoms with Gasteiger partial charge in [0.15, 0.2) is 0 Å². The molecule has 2 heteroatoms. The Labute approximate surface area is 60.5 Å². The molecule has 10 heavy (non-hydrogen) atoms. The number of anilines is 1. The molecule has 0 aliphatic carbocycles. The van der Waals surface area contributed by atoms with Crippen LogP contribution in [0.3, 0.4) is 0 Å². The van der Waals surface area contributed by atoms with Gasteiger partial charge < -0.3 is 10.4 Å². The van der Waals surface area contributed by atoms with Gasteiger partial charge in [-0.1, -0.05) is 6.07 Å². The summed E-state index contributed by atoms with van der Waals surface area (Å²) in [6, 6.07) is 7.08. The van der Waals surface area contributed by atoms with Gasteiger partial charge in [0.05, 0.1) is 0 Å². The number of rotatable bonds is 2. The molecule has 0 unspecified atom stereocenters. The monoisotopic (exact) mass is 137 g/mol. The summed E-state index contributed by atoms with van der Waals surface area (Å²) >= 11 is 0. The van der Waals surface area contributed by atoms with E-state index in [0.717, 1.165) is 12.2 Å². The van der Waals surface area contributed by atoms with Crippen molar-refractivity contribution in [3.8, 4) is 5.75 Å². The molecule has 54 valence electrons. The summed E-state index contributed by atoms with van der Waals surface area (Å²) in [5, 5.41) is 12.1. The molecule has 0 fully saturated rings. The zero-order valence-electron chi connectivity index (χ0n) is 5.96. The van der Waals surface area contributed by atoms with Gasteiger partial charge in [-0.25, -0.2) is 0 Å². The Morgan fingerprint density at radius 2 is 2.30 bits per heavy atom. The van der Waals surface area contributed by atoms with E-state index in [2.05, 4.69) is 5.32 Å². The second kappa shape index (κ2) is 3.11. The van der Waals surface area contributed by atoms with Crippen molar-refractivity contribution in [1.82, 2.24) is 0 Å². The minimum Gasteiger partial charge on any atom is -0.508 e. The van der Waals surface area contributed by atoms with Crippen molar-refractivity contribution in [3.05, 3.63) is 24.3 Å². The Morgan fingerprint density at radius 3 is 2.90 bits per heavy atom. The van der Waals surface area contributed by atoms with Crippen LogP contribution in [0.5, 0.6) is 5.75 Å². The van der Waals surface area contributed by atoms with E-state index in [1.165, 1.54) is 0 Å². The second-order valence-electron chi connectivity index (χ2n) is 2.08. The minimum atomic E-state index is 0.304. The molecule has 2 nitrogen and oxygen atoms in total. The Morgan fingerprint density at radius 1 is 1.50 bits per heavy atom. The molecule has 0 radical (unpaired) electrons. The van der Waals surface area contributed by atoms with Crippen molar-refractivity contribution in [2.45, 2.75) is 6.92 Å². The molecule has 0 amide bonds. The number of phenols is 1. The second-order valence-corrected chi connectivity index (χ2v) is 2.08. The van der Waals surface area contributed by atoms with Gasteiger partial charge in [0, 0.05) is 18.3 Å². The van der Waals surface area contributed by atoms with Crippen LogP contribution in [0.4, 0.5) is 5.69 Å². The summed E-state index contributed by atoms with van der Waals surface area (Å²) in [5.41, 5.74) is 0.961. The smallest absolute Gasteiger partial charge is 0.117 e. The molecule has 1 aromatic carbocycles. The zero-order valence-corrected chi connectivity index (χ0v) is 5.96. The van der Waals surface area contributed by atoms with Crippen molar-refractivity contribution in [1.29, 1.82) is 0 Å². The fourth-order valence-corrected chi connectivity index (χ4v) is 0.820. The number of nitrogens with one attached hydrogen (secondary N) is 1. The topological polar surface area (TPSA) is 32.3 Å². The van der Waals surface area contributed by atoms with Gasteiger partial charge in [-0.2, -0.15) is 0 Å². The summed E-state index contributed by atoms with van der Waals surface area (Å²) in [6.07, 6.45) is 0. The summed E-state index contributed by atoms with van der Waals surface area (Å²) in [4.78, 5) is 0. The van der Waals surface area contributed by atoms with Gasteiger partial charge in [-0.15, -0.1) is 0 Å². The molecule has 0 aliphatic heterocycles. The summed E-state index contributed by atoms with van der Waals surface area (Å²) in [5.74, 6) is 0.304. The molecule has 1 rings (SSSR count). The van der Waals surface area contributed by atoms with Crippen molar-refractivity contribution in [2.75, 3.05) is 11.9 Å². The molecule has 2 N–H and O–H groups in total. The lowest BCUT2D eigenvalue weighted by atomic mass is 10.3. The molecule has 0 saturated heterocycles. The van der Waals surface area contributed by atoms with E-state index in [9.17, 15) is 0 Å². The molecular weight excluding hydrogens is 126 g/mol. The molecule has 0 saturated carbocycles. The highest BCUT2D eigenvalue weighted by Crippen LogP contribution is 2.14. The van der Waals surface area contributed by atoms with Crippen LogP contribution in [0, 0.1) is 0 Å². The van der Waals surface area contributed by atoms with E-state index in [1.807, 2.05) is 19.1 Å². The lowest BCUT2D eigenvalue weighted by Gasteiger charge is -2.01. The first kappa shape index (κ1) is 6.93. The van der Waals surface area contributed by atoms with Crippen LogP contribution in [0.1, 0.15) is 6.92 Å². The summed E-state index contributed by atoms with van der Waals surface area (Å²) < 4.78 is 0. The highest BCUT2D eigenvalue weighted by atomic mass is 16.3. The van der Waals surface area contributed by atoms with E-state index in [1.54, 1.807) is 12.1 Å². The van der Waals surface area contributed by atoms with E-state index in [4.69, 9.17) is 5.11 Å². The normalized spacial score (nSPS) is 9.30. The Kier molecular flexibility index (Phi) is 2.15. The van der Waals surface area contributed by atoms with Gasteiger partial charge >= 0.3 is 0 Å². The molecule has 0 atom stereocenters. The maximum Gasteiger partial charge on any atom is 0.117 e. The van der Waals surface area contributed by atoms with Crippen molar-refractivity contribution in [2.24, 2.45) is 0 Å². The molecule has 0 spiro atoms. The number of phenolic OH excluding ortho intramolecular Hbond substituents is 1. The average Bonchev–Trinajstić information content (AvgIpc) is 1.88. The van der Waals surface area contributed by atoms with Gasteiger partial charge in [-0.3, -0.25) is 0 Å². The Bertz CT molecular complexity index is 210. The minimum absolute atomic E-state index is 0.304. The average molecular weight is 137 g/mol. The van der Waals surface area contributed by atoms with Crippen molar-refractivity contribution >= 4 is 5.69 Å². The molecule has 0 bridgehead atoms. The predicted molar refractivity (Wildman–Crippen MR) is 42.3 cm³/mol. The highest BCUT2D eigenvalue weighted by molar-refractivity contribution is 5.47. The largest absolute Gasteiger partial charge is 0.508 e.